The van der Waals surface area contributed by atoms with Crippen molar-refractivity contribution < 1.29 is 9.47 Å². The molecule has 90 valence electrons. The Morgan fingerprint density at radius 3 is 2.59 bits per heavy atom. The first-order valence-corrected chi connectivity index (χ1v) is 6.19. The molecule has 1 heterocycles. The molecule has 2 aromatic rings. The Morgan fingerprint density at radius 1 is 1.12 bits per heavy atom. The van der Waals surface area contributed by atoms with E-state index in [0.717, 1.165) is 23.7 Å². The minimum absolute atomic E-state index is 0.740. The van der Waals surface area contributed by atoms with E-state index in [9.17, 15) is 0 Å². The lowest BCUT2D eigenvalue weighted by molar-refractivity contribution is 0.355. The number of benzene rings is 1. The molecule has 17 heavy (non-hydrogen) atoms. The molecule has 0 fully saturated rings. The highest BCUT2D eigenvalue weighted by Gasteiger charge is 2.04. The van der Waals surface area contributed by atoms with Crippen LogP contribution in [0.1, 0.15) is 4.88 Å². The third-order valence-electron chi connectivity index (χ3n) is 2.43. The Bertz CT molecular complexity index is 468. The standard InChI is InChI=1S/C13H15NO2S/c1-15-12-6-5-10(8-13(12)16-2)14-9-11-4-3-7-17-11/h3-8,14H,9H2,1-2H3. The average molecular weight is 249 g/mol. The molecule has 0 radical (unpaired) electrons. The summed E-state index contributed by atoms with van der Waals surface area (Å²) in [5.41, 5.74) is 1.02. The monoisotopic (exact) mass is 249 g/mol. The molecule has 0 unspecified atom stereocenters. The van der Waals surface area contributed by atoms with Crippen molar-refractivity contribution in [2.24, 2.45) is 0 Å². The molecule has 0 bridgehead atoms. The van der Waals surface area contributed by atoms with Gasteiger partial charge in [0, 0.05) is 23.2 Å². The molecule has 0 aliphatic carbocycles. The molecule has 0 aliphatic heterocycles. The lowest BCUT2D eigenvalue weighted by atomic mass is 10.2. The minimum Gasteiger partial charge on any atom is -0.493 e. The first-order chi connectivity index (χ1) is 8.33. The van der Waals surface area contributed by atoms with Crippen molar-refractivity contribution >= 4 is 17.0 Å². The third kappa shape index (κ3) is 2.91. The number of hydrogen-bond donors (Lipinski definition) is 1. The van der Waals surface area contributed by atoms with E-state index < -0.39 is 0 Å². The topological polar surface area (TPSA) is 30.5 Å². The third-order valence-corrected chi connectivity index (χ3v) is 3.31. The van der Waals surface area contributed by atoms with Gasteiger partial charge in [0.05, 0.1) is 14.2 Å². The lowest BCUT2D eigenvalue weighted by Crippen LogP contribution is -1.98. The minimum atomic E-state index is 0.740. The molecular formula is C13H15NO2S. The summed E-state index contributed by atoms with van der Waals surface area (Å²) in [5.74, 6) is 1.48. The quantitative estimate of drug-likeness (QED) is 0.881. The number of hydrogen-bond acceptors (Lipinski definition) is 4. The Balaban J connectivity index is 2.06. The maximum Gasteiger partial charge on any atom is 0.162 e. The maximum atomic E-state index is 5.25. The van der Waals surface area contributed by atoms with E-state index >= 15 is 0 Å². The number of rotatable bonds is 5. The highest BCUT2D eigenvalue weighted by molar-refractivity contribution is 7.09. The van der Waals surface area contributed by atoms with Crippen LogP contribution in [-0.4, -0.2) is 14.2 Å². The van der Waals surface area contributed by atoms with E-state index in [4.69, 9.17) is 9.47 Å². The zero-order chi connectivity index (χ0) is 12.1. The van der Waals surface area contributed by atoms with E-state index in [2.05, 4.69) is 22.8 Å². The molecule has 0 atom stereocenters. The van der Waals surface area contributed by atoms with Crippen LogP contribution in [0.5, 0.6) is 11.5 Å². The fourth-order valence-corrected chi connectivity index (χ4v) is 2.19. The van der Waals surface area contributed by atoms with Crippen LogP contribution in [0.4, 0.5) is 5.69 Å². The Labute approximate surface area is 105 Å². The van der Waals surface area contributed by atoms with Gasteiger partial charge in [-0.2, -0.15) is 0 Å². The molecule has 0 spiro atoms. The Morgan fingerprint density at radius 2 is 1.94 bits per heavy atom. The van der Waals surface area contributed by atoms with Crippen molar-refractivity contribution in [3.8, 4) is 11.5 Å². The molecule has 2 rings (SSSR count). The predicted molar refractivity (Wildman–Crippen MR) is 71.2 cm³/mol. The molecule has 1 aromatic carbocycles. The van der Waals surface area contributed by atoms with Crippen molar-refractivity contribution in [2.45, 2.75) is 6.54 Å². The van der Waals surface area contributed by atoms with Gasteiger partial charge in [0.15, 0.2) is 11.5 Å². The largest absolute Gasteiger partial charge is 0.493 e. The number of thiophene rings is 1. The molecule has 4 heteroatoms. The number of nitrogens with one attached hydrogen (secondary N) is 1. The summed E-state index contributed by atoms with van der Waals surface area (Å²) in [4.78, 5) is 1.31. The maximum absolute atomic E-state index is 5.25. The molecular weight excluding hydrogens is 234 g/mol. The van der Waals surface area contributed by atoms with E-state index in [-0.39, 0.29) is 0 Å². The van der Waals surface area contributed by atoms with Crippen LogP contribution in [-0.2, 0) is 6.54 Å². The summed E-state index contributed by atoms with van der Waals surface area (Å²) in [6, 6.07) is 9.98. The van der Waals surface area contributed by atoms with Crippen LogP contribution in [0.25, 0.3) is 0 Å². The summed E-state index contributed by atoms with van der Waals surface area (Å²) in [7, 11) is 3.28. The lowest BCUT2D eigenvalue weighted by Gasteiger charge is -2.10. The van der Waals surface area contributed by atoms with Crippen molar-refractivity contribution in [3.05, 3.63) is 40.6 Å². The van der Waals surface area contributed by atoms with Crippen LogP contribution in [0.2, 0.25) is 0 Å². The number of methoxy groups -OCH3 is 2. The van der Waals surface area contributed by atoms with Crippen molar-refractivity contribution in [2.75, 3.05) is 19.5 Å². The van der Waals surface area contributed by atoms with Gasteiger partial charge in [0.1, 0.15) is 0 Å². The average Bonchev–Trinajstić information content (AvgIpc) is 2.89. The van der Waals surface area contributed by atoms with Crippen molar-refractivity contribution in [1.29, 1.82) is 0 Å². The summed E-state index contributed by atoms with van der Waals surface area (Å²) in [6.07, 6.45) is 0. The Kier molecular flexibility index (Phi) is 3.88. The highest BCUT2D eigenvalue weighted by Crippen LogP contribution is 2.29. The van der Waals surface area contributed by atoms with Gasteiger partial charge < -0.3 is 14.8 Å². The van der Waals surface area contributed by atoms with Crippen LogP contribution in [0.3, 0.4) is 0 Å². The highest BCUT2D eigenvalue weighted by atomic mass is 32.1. The van der Waals surface area contributed by atoms with E-state index in [1.165, 1.54) is 4.88 Å². The zero-order valence-electron chi connectivity index (χ0n) is 9.90. The number of ether oxygens (including phenoxy) is 2. The zero-order valence-corrected chi connectivity index (χ0v) is 10.7. The van der Waals surface area contributed by atoms with E-state index in [1.54, 1.807) is 25.6 Å². The molecule has 0 saturated carbocycles. The first-order valence-electron chi connectivity index (χ1n) is 5.32. The second-order valence-corrected chi connectivity index (χ2v) is 4.53. The summed E-state index contributed by atoms with van der Waals surface area (Å²) < 4.78 is 10.4. The van der Waals surface area contributed by atoms with Gasteiger partial charge in [-0.25, -0.2) is 0 Å². The van der Waals surface area contributed by atoms with Gasteiger partial charge in [0.25, 0.3) is 0 Å². The van der Waals surface area contributed by atoms with Gasteiger partial charge in [0.2, 0.25) is 0 Å². The number of anilines is 1. The van der Waals surface area contributed by atoms with Crippen LogP contribution < -0.4 is 14.8 Å². The molecule has 1 aromatic heterocycles. The normalized spacial score (nSPS) is 10.0. The fraction of sp³-hybridized carbons (Fsp3) is 0.231. The van der Waals surface area contributed by atoms with E-state index in [1.807, 2.05) is 18.2 Å². The van der Waals surface area contributed by atoms with Crippen LogP contribution >= 0.6 is 11.3 Å². The summed E-state index contributed by atoms with van der Waals surface area (Å²) in [5, 5.41) is 5.42. The molecule has 0 amide bonds. The summed E-state index contributed by atoms with van der Waals surface area (Å²) in [6.45, 7) is 0.827. The van der Waals surface area contributed by atoms with Crippen LogP contribution in [0, 0.1) is 0 Å². The van der Waals surface area contributed by atoms with E-state index in [0.29, 0.717) is 0 Å². The predicted octanol–water partition coefficient (Wildman–Crippen LogP) is 3.38. The van der Waals surface area contributed by atoms with Gasteiger partial charge in [-0.1, -0.05) is 6.07 Å². The second kappa shape index (κ2) is 5.59. The smallest absolute Gasteiger partial charge is 0.162 e. The summed E-state index contributed by atoms with van der Waals surface area (Å²) >= 11 is 1.74. The fourth-order valence-electron chi connectivity index (χ4n) is 1.55. The molecule has 0 aliphatic rings. The van der Waals surface area contributed by atoms with Gasteiger partial charge >= 0.3 is 0 Å². The SMILES string of the molecule is COc1ccc(NCc2cccs2)cc1OC. The van der Waals surface area contributed by atoms with Crippen LogP contribution in [0.15, 0.2) is 35.7 Å². The first kappa shape index (κ1) is 11.8. The van der Waals surface area contributed by atoms with Gasteiger partial charge in [-0.05, 0) is 23.6 Å². The Hall–Kier alpha value is -1.68. The molecule has 1 N–H and O–H groups in total. The second-order valence-electron chi connectivity index (χ2n) is 3.50. The molecule has 0 saturated heterocycles. The van der Waals surface area contributed by atoms with Gasteiger partial charge in [-0.3, -0.25) is 0 Å². The molecule has 3 nitrogen and oxygen atoms in total. The van der Waals surface area contributed by atoms with Gasteiger partial charge in [-0.15, -0.1) is 11.3 Å². The van der Waals surface area contributed by atoms with Crippen molar-refractivity contribution in [1.82, 2.24) is 0 Å². The van der Waals surface area contributed by atoms with Crippen molar-refractivity contribution in [3.63, 3.8) is 0 Å².